The maximum atomic E-state index is 13.7. The van der Waals surface area contributed by atoms with Crippen LogP contribution >= 0.6 is 23.2 Å². The SMILES string of the molecule is CCN1CCc2c(nc(C(=O)Nc3cccc(-c4cccc(NC(=O)c5nc6c(n5C)CCN(CC5CCC(C(=O)O)CC5)C6)c4Cl)c3Cl)n2C)C1. The number of likely N-dealkylation sites (N-methyl/N-ethyl adjacent to an activating group) is 1. The summed E-state index contributed by atoms with van der Waals surface area (Å²) in [5, 5.41) is 15.9. The molecule has 4 aromatic rings. The van der Waals surface area contributed by atoms with Crippen LogP contribution in [0.2, 0.25) is 10.0 Å². The third kappa shape index (κ3) is 7.09. The van der Waals surface area contributed by atoms with E-state index in [0.717, 1.165) is 94.0 Å². The first kappa shape index (κ1) is 36.1. The van der Waals surface area contributed by atoms with E-state index in [4.69, 9.17) is 28.2 Å². The highest BCUT2D eigenvalue weighted by Gasteiger charge is 2.31. The van der Waals surface area contributed by atoms with Gasteiger partial charge in [0.15, 0.2) is 11.6 Å². The molecule has 2 aliphatic heterocycles. The van der Waals surface area contributed by atoms with Gasteiger partial charge in [-0.15, -0.1) is 0 Å². The second-order valence-electron chi connectivity index (χ2n) is 14.2. The van der Waals surface area contributed by atoms with Gasteiger partial charge in [0.25, 0.3) is 11.8 Å². The van der Waals surface area contributed by atoms with Gasteiger partial charge in [-0.25, -0.2) is 9.97 Å². The zero-order chi connectivity index (χ0) is 36.7. The number of benzene rings is 2. The number of hydrogen-bond donors (Lipinski definition) is 3. The lowest BCUT2D eigenvalue weighted by atomic mass is 9.81. The molecule has 0 bridgehead atoms. The Hall–Kier alpha value is -4.23. The molecular weight excluding hydrogens is 703 g/mol. The van der Waals surface area contributed by atoms with Crippen LogP contribution in [-0.4, -0.2) is 78.0 Å². The summed E-state index contributed by atoms with van der Waals surface area (Å²) >= 11 is 13.9. The molecule has 3 N–H and O–H groups in total. The first-order valence-corrected chi connectivity index (χ1v) is 18.7. The van der Waals surface area contributed by atoms with E-state index in [0.29, 0.717) is 56.7 Å². The molecule has 0 unspecified atom stereocenters. The highest BCUT2D eigenvalue weighted by atomic mass is 35.5. The molecule has 0 radical (unpaired) electrons. The normalized spacial score (nSPS) is 19.2. The van der Waals surface area contributed by atoms with Gasteiger partial charge in [-0.3, -0.25) is 24.2 Å². The van der Waals surface area contributed by atoms with Crippen LogP contribution in [0.25, 0.3) is 11.1 Å². The van der Waals surface area contributed by atoms with Gasteiger partial charge in [0.1, 0.15) is 0 Å². The van der Waals surface area contributed by atoms with E-state index in [1.54, 1.807) is 24.3 Å². The van der Waals surface area contributed by atoms with Crippen molar-refractivity contribution in [3.8, 4) is 11.1 Å². The number of rotatable bonds is 9. The molecule has 0 saturated heterocycles. The fourth-order valence-electron chi connectivity index (χ4n) is 7.98. The van der Waals surface area contributed by atoms with Gasteiger partial charge in [0, 0.05) is 82.2 Å². The summed E-state index contributed by atoms with van der Waals surface area (Å²) < 4.78 is 3.72. The molecule has 7 rings (SSSR count). The van der Waals surface area contributed by atoms with Gasteiger partial charge in [0.05, 0.1) is 38.7 Å². The van der Waals surface area contributed by atoms with E-state index >= 15 is 0 Å². The number of aromatic nitrogens is 4. The quantitative estimate of drug-likeness (QED) is 0.183. The predicted octanol–water partition coefficient (Wildman–Crippen LogP) is 6.26. The number of hydrogen-bond acceptors (Lipinski definition) is 7. The third-order valence-corrected chi connectivity index (χ3v) is 11.8. The Morgan fingerprint density at radius 2 is 1.25 bits per heavy atom. The fourth-order valence-corrected chi connectivity index (χ4v) is 8.53. The second kappa shape index (κ2) is 15.0. The van der Waals surface area contributed by atoms with Crippen molar-refractivity contribution in [2.45, 2.75) is 58.5 Å². The van der Waals surface area contributed by atoms with Crippen molar-refractivity contribution in [3.63, 3.8) is 0 Å². The molecular formula is C38H44Cl2N8O4. The Kier molecular flexibility index (Phi) is 10.4. The van der Waals surface area contributed by atoms with Crippen LogP contribution in [0.1, 0.15) is 76.6 Å². The number of carbonyl (C=O) groups is 3. The van der Waals surface area contributed by atoms with Gasteiger partial charge in [0.2, 0.25) is 0 Å². The number of amides is 2. The van der Waals surface area contributed by atoms with Gasteiger partial charge < -0.3 is 24.9 Å². The molecule has 0 atom stereocenters. The Labute approximate surface area is 313 Å². The number of nitrogens with one attached hydrogen (secondary N) is 2. The minimum atomic E-state index is -0.685. The number of halogens is 2. The molecule has 14 heteroatoms. The van der Waals surface area contributed by atoms with Crippen molar-refractivity contribution in [2.75, 3.05) is 36.8 Å². The van der Waals surface area contributed by atoms with E-state index in [9.17, 15) is 19.5 Å². The van der Waals surface area contributed by atoms with Crippen LogP contribution in [0.4, 0.5) is 11.4 Å². The van der Waals surface area contributed by atoms with Gasteiger partial charge >= 0.3 is 5.97 Å². The monoisotopic (exact) mass is 746 g/mol. The minimum absolute atomic E-state index is 0.222. The Bertz CT molecular complexity index is 2030. The summed E-state index contributed by atoms with van der Waals surface area (Å²) in [5.41, 5.74) is 5.95. The lowest BCUT2D eigenvalue weighted by Crippen LogP contribution is -2.36. The number of nitrogens with zero attached hydrogens (tertiary/aromatic N) is 6. The molecule has 12 nitrogen and oxygen atoms in total. The Morgan fingerprint density at radius 3 is 1.73 bits per heavy atom. The molecule has 2 aromatic carbocycles. The number of aliphatic carboxylic acids is 1. The van der Waals surface area contributed by atoms with E-state index in [1.165, 1.54) is 0 Å². The zero-order valence-corrected chi connectivity index (χ0v) is 31.2. The molecule has 52 heavy (non-hydrogen) atoms. The largest absolute Gasteiger partial charge is 0.481 e. The summed E-state index contributed by atoms with van der Waals surface area (Å²) in [4.78, 5) is 52.6. The van der Waals surface area contributed by atoms with E-state index in [-0.39, 0.29) is 17.7 Å². The highest BCUT2D eigenvalue weighted by Crippen LogP contribution is 2.40. The van der Waals surface area contributed by atoms with Crippen molar-refractivity contribution in [1.29, 1.82) is 0 Å². The molecule has 2 aromatic heterocycles. The third-order valence-electron chi connectivity index (χ3n) is 11.0. The van der Waals surface area contributed by atoms with Crippen LogP contribution in [0, 0.1) is 11.8 Å². The van der Waals surface area contributed by atoms with Crippen LogP contribution in [0.3, 0.4) is 0 Å². The summed E-state index contributed by atoms with van der Waals surface area (Å²) in [5.74, 6) is -0.527. The summed E-state index contributed by atoms with van der Waals surface area (Å²) in [6, 6.07) is 10.7. The second-order valence-corrected chi connectivity index (χ2v) is 14.9. The molecule has 1 aliphatic carbocycles. The molecule has 0 spiro atoms. The molecule has 1 fully saturated rings. The number of fused-ring (bicyclic) bond motifs is 2. The topological polar surface area (TPSA) is 138 Å². The maximum Gasteiger partial charge on any atom is 0.306 e. The van der Waals surface area contributed by atoms with Crippen molar-refractivity contribution in [3.05, 3.63) is 80.9 Å². The smallest absolute Gasteiger partial charge is 0.306 e. The van der Waals surface area contributed by atoms with Gasteiger partial charge in [-0.1, -0.05) is 54.4 Å². The lowest BCUT2D eigenvalue weighted by molar-refractivity contribution is -0.143. The standard InChI is InChI=1S/C38H44Cl2N8O4/c1-4-47-17-15-30-28(20-47)41-34(45(30)2)36(49)43-26-9-5-7-24(32(26)39)25-8-6-10-27(33(25)40)44-37(50)35-42-29-21-48(18-16-31(29)46(35)3)19-22-11-13-23(14-12-22)38(51)52/h5-10,22-23H,4,11-21H2,1-3H3,(H,43,49)(H,44,50)(H,51,52). The van der Waals surface area contributed by atoms with Crippen molar-refractivity contribution in [2.24, 2.45) is 25.9 Å². The van der Waals surface area contributed by atoms with Crippen molar-refractivity contribution < 1.29 is 19.5 Å². The average Bonchev–Trinajstić information content (AvgIpc) is 3.65. The van der Waals surface area contributed by atoms with E-state index in [2.05, 4.69) is 32.3 Å². The van der Waals surface area contributed by atoms with Crippen molar-refractivity contribution in [1.82, 2.24) is 28.9 Å². The molecule has 274 valence electrons. The number of anilines is 2. The zero-order valence-electron chi connectivity index (χ0n) is 29.7. The molecule has 2 amide bonds. The molecule has 1 saturated carbocycles. The van der Waals surface area contributed by atoms with Crippen LogP contribution in [0.15, 0.2) is 36.4 Å². The first-order chi connectivity index (χ1) is 25.0. The van der Waals surface area contributed by atoms with Crippen molar-refractivity contribution >= 4 is 52.4 Å². The van der Waals surface area contributed by atoms with E-state index < -0.39 is 5.97 Å². The van der Waals surface area contributed by atoms with Gasteiger partial charge in [-0.05, 0) is 50.3 Å². The minimum Gasteiger partial charge on any atom is -0.481 e. The lowest BCUT2D eigenvalue weighted by Gasteiger charge is -2.33. The molecule has 4 heterocycles. The van der Waals surface area contributed by atoms with Crippen LogP contribution in [-0.2, 0) is 44.8 Å². The molecule has 3 aliphatic rings. The maximum absolute atomic E-state index is 13.7. The average molecular weight is 748 g/mol. The van der Waals surface area contributed by atoms with Crippen LogP contribution in [0.5, 0.6) is 0 Å². The highest BCUT2D eigenvalue weighted by molar-refractivity contribution is 6.40. The summed E-state index contributed by atoms with van der Waals surface area (Å²) in [6.07, 6.45) is 4.92. The Morgan fingerprint density at radius 1 is 0.769 bits per heavy atom. The predicted molar refractivity (Wildman–Crippen MR) is 201 cm³/mol. The van der Waals surface area contributed by atoms with Gasteiger partial charge in [-0.2, -0.15) is 0 Å². The Balaban J connectivity index is 1.04. The number of carboxylic acids is 1. The summed E-state index contributed by atoms with van der Waals surface area (Å²) in [6.45, 7) is 7.12. The summed E-state index contributed by atoms with van der Waals surface area (Å²) in [7, 11) is 3.73. The number of imidazole rings is 2. The number of carbonyl (C=O) groups excluding carboxylic acids is 2. The number of carboxylic acid groups (broad SMARTS) is 1. The van der Waals surface area contributed by atoms with Crippen LogP contribution < -0.4 is 10.6 Å². The fraction of sp³-hybridized carbons (Fsp3) is 0.447. The van der Waals surface area contributed by atoms with E-state index in [1.807, 2.05) is 35.4 Å². The first-order valence-electron chi connectivity index (χ1n) is 18.0.